The number of rotatable bonds is 3. The van der Waals surface area contributed by atoms with Crippen molar-refractivity contribution in [3.05, 3.63) is 91.0 Å². The predicted molar refractivity (Wildman–Crippen MR) is 165 cm³/mol. The number of hydrogen-bond acceptors (Lipinski definition) is 7. The first-order chi connectivity index (χ1) is 19.3. The largest absolute Gasteiger partial charge is 0.309 e. The van der Waals surface area contributed by atoms with Gasteiger partial charge in [-0.15, -0.1) is 0 Å². The van der Waals surface area contributed by atoms with Crippen molar-refractivity contribution in [2.75, 3.05) is 4.90 Å². The summed E-state index contributed by atoms with van der Waals surface area (Å²) in [6.07, 6.45) is 0. The third-order valence-electron chi connectivity index (χ3n) is 7.49. The zero-order valence-corrected chi connectivity index (χ0v) is 21.8. The van der Waals surface area contributed by atoms with Crippen LogP contribution in [0, 0.1) is 0 Å². The molecule has 0 spiro atoms. The van der Waals surface area contributed by atoms with Crippen molar-refractivity contribution in [2.45, 2.75) is 0 Å². The van der Waals surface area contributed by atoms with E-state index in [0.29, 0.717) is 0 Å². The van der Waals surface area contributed by atoms with Gasteiger partial charge in [0.05, 0.1) is 38.8 Å². The Morgan fingerprint density at radius 3 is 1.92 bits per heavy atom. The van der Waals surface area contributed by atoms with E-state index in [2.05, 4.69) is 116 Å². The lowest BCUT2D eigenvalue weighted by Gasteiger charge is -2.34. The molecule has 0 N–H and O–H groups in total. The minimum atomic E-state index is 0.277. The molecule has 0 saturated heterocycles. The molecule has 0 saturated carbocycles. The second-order valence-corrected chi connectivity index (χ2v) is 9.73. The number of benzene rings is 5. The van der Waals surface area contributed by atoms with Crippen molar-refractivity contribution in [3.8, 4) is 33.6 Å². The Hall–Kier alpha value is -4.90. The first-order valence-corrected chi connectivity index (χ1v) is 13.2. The number of isothiocyanates is 2. The van der Waals surface area contributed by atoms with Crippen molar-refractivity contribution < 1.29 is 0 Å². The van der Waals surface area contributed by atoms with Crippen LogP contribution in [-0.2, 0) is 0 Å². The van der Waals surface area contributed by atoms with Gasteiger partial charge in [-0.2, -0.15) is 9.98 Å². The molecule has 2 aliphatic rings. The van der Waals surface area contributed by atoms with Crippen LogP contribution < -0.4 is 4.90 Å². The van der Waals surface area contributed by atoms with Gasteiger partial charge >= 0.3 is 0 Å². The second kappa shape index (κ2) is 8.30. The minimum absolute atomic E-state index is 0.277. The molecular formula is C32H15N5S2. The van der Waals surface area contributed by atoms with Gasteiger partial charge in [-0.05, 0) is 59.7 Å². The summed E-state index contributed by atoms with van der Waals surface area (Å²) < 4.78 is 0. The topological polar surface area (TPSA) is 53.7 Å². The van der Waals surface area contributed by atoms with E-state index >= 15 is 0 Å². The quantitative estimate of drug-likeness (QED) is 0.167. The van der Waals surface area contributed by atoms with E-state index in [0.717, 1.165) is 50.3 Å². The molecule has 8 rings (SSSR count). The number of thiocarbonyl (C=S) groups is 2. The molecule has 0 radical (unpaired) electrons. The third kappa shape index (κ3) is 3.01. The van der Waals surface area contributed by atoms with Crippen molar-refractivity contribution in [1.82, 2.24) is 9.97 Å². The zero-order valence-electron chi connectivity index (χ0n) is 20.2. The van der Waals surface area contributed by atoms with E-state index < -0.39 is 0 Å². The smallest absolute Gasteiger partial charge is 0.209 e. The third-order valence-corrected chi connectivity index (χ3v) is 7.67. The Labute approximate surface area is 233 Å². The maximum absolute atomic E-state index is 4.84. The molecule has 39 heavy (non-hydrogen) atoms. The highest BCUT2D eigenvalue weighted by molar-refractivity contribution is 7.78. The lowest BCUT2D eigenvalue weighted by atomic mass is 9.90. The maximum atomic E-state index is 4.84. The van der Waals surface area contributed by atoms with Crippen LogP contribution in [0.15, 0.2) is 101 Å². The van der Waals surface area contributed by atoms with Gasteiger partial charge in [0.25, 0.3) is 0 Å². The van der Waals surface area contributed by atoms with Crippen LogP contribution in [0.3, 0.4) is 0 Å². The van der Waals surface area contributed by atoms with Gasteiger partial charge in [0, 0.05) is 32.8 Å². The lowest BCUT2D eigenvalue weighted by molar-refractivity contribution is 1.18. The summed E-state index contributed by atoms with van der Waals surface area (Å²) in [6.45, 7) is 0. The molecule has 5 aromatic carbocycles. The fraction of sp³-hybridized carbons (Fsp3) is 0. The SMILES string of the molecule is S=C=Nc1nc2c(nc1N=C=S)-c1ccc(N3c4ccccc4-c4cccc5cccc3c45)c3cccc-2c13. The Bertz CT molecular complexity index is 2100. The van der Waals surface area contributed by atoms with Gasteiger partial charge < -0.3 is 4.90 Å². The van der Waals surface area contributed by atoms with Crippen LogP contribution in [0.2, 0.25) is 0 Å². The van der Waals surface area contributed by atoms with Crippen LogP contribution in [0.4, 0.5) is 28.7 Å². The number of aliphatic imine (C=N–C) groups is 2. The van der Waals surface area contributed by atoms with Crippen molar-refractivity contribution >= 4 is 85.0 Å². The summed E-state index contributed by atoms with van der Waals surface area (Å²) in [5, 5.41) is 9.42. The van der Waals surface area contributed by atoms with Crippen molar-refractivity contribution in [1.29, 1.82) is 0 Å². The number of hydrogen-bond donors (Lipinski definition) is 0. The first kappa shape index (κ1) is 22.1. The van der Waals surface area contributed by atoms with Gasteiger partial charge in [0.1, 0.15) is 0 Å². The highest BCUT2D eigenvalue weighted by atomic mass is 32.1. The van der Waals surface area contributed by atoms with E-state index in [1.165, 1.54) is 21.9 Å². The molecule has 0 fully saturated rings. The normalized spacial score (nSPS) is 12.1. The second-order valence-electron chi connectivity index (χ2n) is 9.37. The number of anilines is 3. The summed E-state index contributed by atoms with van der Waals surface area (Å²) in [7, 11) is 0. The predicted octanol–water partition coefficient (Wildman–Crippen LogP) is 9.35. The van der Waals surface area contributed by atoms with Gasteiger partial charge in [-0.3, -0.25) is 0 Å². The van der Waals surface area contributed by atoms with Crippen molar-refractivity contribution in [3.63, 3.8) is 0 Å². The molecule has 5 nitrogen and oxygen atoms in total. The van der Waals surface area contributed by atoms with Crippen LogP contribution in [0.25, 0.3) is 55.2 Å². The number of nitrogens with zero attached hydrogens (tertiary/aromatic N) is 5. The number of para-hydroxylation sites is 1. The highest BCUT2D eigenvalue weighted by Crippen LogP contribution is 2.55. The van der Waals surface area contributed by atoms with E-state index in [-0.39, 0.29) is 11.6 Å². The Morgan fingerprint density at radius 2 is 1.15 bits per heavy atom. The van der Waals surface area contributed by atoms with Gasteiger partial charge in [-0.1, -0.05) is 66.7 Å². The van der Waals surface area contributed by atoms with Gasteiger partial charge in [0.15, 0.2) is 0 Å². The molecule has 0 atom stereocenters. The molecule has 1 aliphatic heterocycles. The highest BCUT2D eigenvalue weighted by Gasteiger charge is 2.31. The molecule has 6 aromatic rings. The summed E-state index contributed by atoms with van der Waals surface area (Å²) in [4.78, 5) is 20.1. The molecular weight excluding hydrogens is 519 g/mol. The zero-order chi connectivity index (χ0) is 26.1. The van der Waals surface area contributed by atoms with Gasteiger partial charge in [-0.25, -0.2) is 9.97 Å². The van der Waals surface area contributed by atoms with Crippen LogP contribution >= 0.6 is 24.4 Å². The average molecular weight is 534 g/mol. The Morgan fingerprint density at radius 1 is 0.538 bits per heavy atom. The van der Waals surface area contributed by atoms with Crippen molar-refractivity contribution in [2.24, 2.45) is 9.98 Å². The Balaban J connectivity index is 1.44. The van der Waals surface area contributed by atoms with Crippen LogP contribution in [0.1, 0.15) is 0 Å². The fourth-order valence-electron chi connectivity index (χ4n) is 6.03. The fourth-order valence-corrected chi connectivity index (χ4v) is 6.20. The number of aromatic nitrogens is 2. The maximum Gasteiger partial charge on any atom is 0.209 e. The van der Waals surface area contributed by atoms with Crippen LogP contribution in [-0.4, -0.2) is 20.3 Å². The molecule has 0 bridgehead atoms. The summed E-state index contributed by atoms with van der Waals surface area (Å²) in [5.41, 5.74) is 9.33. The Kier molecular flexibility index (Phi) is 4.71. The molecule has 7 heteroatoms. The summed E-state index contributed by atoms with van der Waals surface area (Å²) in [5.74, 6) is 0.554. The summed E-state index contributed by atoms with van der Waals surface area (Å²) in [6, 6.07) is 32.2. The van der Waals surface area contributed by atoms with Gasteiger partial charge in [0.2, 0.25) is 11.6 Å². The molecule has 1 aromatic heterocycles. The molecule has 0 unspecified atom stereocenters. The standard InChI is InChI=1S/C32H15N5S2/c38-16-33-31-32(34-17-39)36-30-23-14-15-25(21-10-5-11-22(28(21)23)29(30)35-31)37-24-12-2-1-8-19(24)20-9-3-6-18-7-4-13-26(37)27(18)20/h1-15H. The number of fused-ring (bicyclic) bond motifs is 5. The lowest BCUT2D eigenvalue weighted by Crippen LogP contribution is -2.15. The average Bonchev–Trinajstić information content (AvgIpc) is 3.28. The summed E-state index contributed by atoms with van der Waals surface area (Å²) >= 11 is 9.67. The monoisotopic (exact) mass is 533 g/mol. The molecule has 0 amide bonds. The van der Waals surface area contributed by atoms with E-state index in [4.69, 9.17) is 34.4 Å². The first-order valence-electron chi connectivity index (χ1n) is 12.3. The van der Waals surface area contributed by atoms with Crippen LogP contribution in [0.5, 0.6) is 0 Å². The minimum Gasteiger partial charge on any atom is -0.309 e. The molecule has 180 valence electrons. The van der Waals surface area contributed by atoms with E-state index in [9.17, 15) is 0 Å². The van der Waals surface area contributed by atoms with E-state index in [1.807, 2.05) is 0 Å². The van der Waals surface area contributed by atoms with E-state index in [1.54, 1.807) is 0 Å². The molecule has 1 aliphatic carbocycles. The molecule has 2 heterocycles.